The van der Waals surface area contributed by atoms with Gasteiger partial charge in [-0.15, -0.1) is 0 Å². The average molecular weight is 479 g/mol. The maximum Gasteiger partial charge on any atom is 0.256 e. The quantitative estimate of drug-likeness (QED) is 0.465. The number of nitrogens with zero attached hydrogens (tertiary/aromatic N) is 2. The summed E-state index contributed by atoms with van der Waals surface area (Å²) in [6.07, 6.45) is 0. The number of nitrogens with two attached hydrogens (primary N) is 1. The second kappa shape index (κ2) is 8.95. The Bertz CT molecular complexity index is 1120. The Hall–Kier alpha value is -2.47. The van der Waals surface area contributed by atoms with Gasteiger partial charge in [-0.05, 0) is 48.0 Å². The highest BCUT2D eigenvalue weighted by atomic mass is 35.5. The number of anilines is 2. The predicted octanol–water partition coefficient (Wildman–Crippen LogP) is 6.07. The van der Waals surface area contributed by atoms with Crippen LogP contribution in [0.25, 0.3) is 0 Å². The van der Waals surface area contributed by atoms with Crippen LogP contribution in [0.15, 0.2) is 60.7 Å². The van der Waals surface area contributed by atoms with E-state index in [1.807, 2.05) is 30.3 Å². The van der Waals surface area contributed by atoms with E-state index in [9.17, 15) is 9.18 Å². The van der Waals surface area contributed by atoms with Crippen LogP contribution in [0.4, 0.5) is 15.8 Å². The largest absolute Gasteiger partial charge is 0.396 e. The second-order valence-electron chi connectivity index (χ2n) is 7.31. The van der Waals surface area contributed by atoms with Crippen molar-refractivity contribution in [1.82, 2.24) is 4.90 Å². The van der Waals surface area contributed by atoms with Crippen molar-refractivity contribution in [1.29, 1.82) is 0 Å². The molecule has 3 aromatic carbocycles. The van der Waals surface area contributed by atoms with Crippen molar-refractivity contribution in [2.75, 3.05) is 30.3 Å². The summed E-state index contributed by atoms with van der Waals surface area (Å²) in [6.45, 7) is 1.32. The molecule has 4 rings (SSSR count). The topological polar surface area (TPSA) is 49.6 Å². The summed E-state index contributed by atoms with van der Waals surface area (Å²) in [5, 5.41) is 1.70. The molecule has 3 aromatic rings. The van der Waals surface area contributed by atoms with Crippen LogP contribution in [0, 0.1) is 5.82 Å². The van der Waals surface area contributed by atoms with Crippen molar-refractivity contribution in [3.05, 3.63) is 92.7 Å². The number of halogens is 4. The summed E-state index contributed by atoms with van der Waals surface area (Å²) in [7, 11) is 0. The molecular weight excluding hydrogens is 460 g/mol. The first kappa shape index (κ1) is 21.8. The minimum atomic E-state index is -0.605. The first-order valence-electron chi connectivity index (χ1n) is 9.65. The third kappa shape index (κ3) is 4.45. The fourth-order valence-electron chi connectivity index (χ4n) is 3.83. The lowest BCUT2D eigenvalue weighted by Crippen LogP contribution is -2.50. The molecule has 1 unspecified atom stereocenters. The van der Waals surface area contributed by atoms with Gasteiger partial charge in [-0.1, -0.05) is 53.0 Å². The van der Waals surface area contributed by atoms with E-state index in [0.717, 1.165) is 11.3 Å². The van der Waals surface area contributed by atoms with E-state index in [1.54, 1.807) is 23.1 Å². The molecule has 1 atom stereocenters. The number of carbonyl (C=O) groups is 1. The lowest BCUT2D eigenvalue weighted by molar-refractivity contribution is 0.0722. The number of hydrogen-bond donors (Lipinski definition) is 1. The van der Waals surface area contributed by atoms with E-state index in [0.29, 0.717) is 34.7 Å². The van der Waals surface area contributed by atoms with Crippen LogP contribution in [0.5, 0.6) is 0 Å². The predicted molar refractivity (Wildman–Crippen MR) is 125 cm³/mol. The third-order valence-corrected chi connectivity index (χ3v) is 6.21. The highest BCUT2D eigenvalue weighted by Crippen LogP contribution is 2.37. The molecule has 0 saturated carbocycles. The van der Waals surface area contributed by atoms with Crippen molar-refractivity contribution >= 4 is 52.1 Å². The Morgan fingerprint density at radius 2 is 1.68 bits per heavy atom. The van der Waals surface area contributed by atoms with Gasteiger partial charge in [-0.2, -0.15) is 0 Å². The zero-order valence-electron chi connectivity index (χ0n) is 16.4. The molecule has 1 heterocycles. The molecule has 0 spiro atoms. The lowest BCUT2D eigenvalue weighted by Gasteiger charge is -2.43. The monoisotopic (exact) mass is 477 g/mol. The molecular formula is C23H19Cl3FN3O. The Morgan fingerprint density at radius 3 is 2.39 bits per heavy atom. The zero-order valence-corrected chi connectivity index (χ0v) is 18.6. The van der Waals surface area contributed by atoms with Gasteiger partial charge in [0.05, 0.1) is 28.0 Å². The van der Waals surface area contributed by atoms with Gasteiger partial charge in [-0.3, -0.25) is 4.79 Å². The number of nitrogen functional groups attached to an aromatic ring is 1. The number of piperazine rings is 1. The van der Waals surface area contributed by atoms with Gasteiger partial charge < -0.3 is 15.5 Å². The van der Waals surface area contributed by atoms with Gasteiger partial charge in [0.2, 0.25) is 0 Å². The number of benzene rings is 3. The van der Waals surface area contributed by atoms with Gasteiger partial charge in [-0.25, -0.2) is 4.39 Å². The van der Waals surface area contributed by atoms with Gasteiger partial charge in [0.15, 0.2) is 0 Å². The SMILES string of the molecule is Nc1c(F)cccc1C(=O)N1CCN(c2ccc(Cl)cc2Cl)C(c2ccc(Cl)cc2)C1. The molecule has 1 fully saturated rings. The molecule has 1 saturated heterocycles. The Labute approximate surface area is 194 Å². The van der Waals surface area contributed by atoms with Crippen molar-refractivity contribution in [3.63, 3.8) is 0 Å². The summed E-state index contributed by atoms with van der Waals surface area (Å²) in [5.41, 5.74) is 7.64. The Morgan fingerprint density at radius 1 is 0.968 bits per heavy atom. The highest BCUT2D eigenvalue weighted by molar-refractivity contribution is 6.36. The van der Waals surface area contributed by atoms with E-state index < -0.39 is 5.82 Å². The first-order valence-corrected chi connectivity index (χ1v) is 10.8. The molecule has 0 bridgehead atoms. The summed E-state index contributed by atoms with van der Waals surface area (Å²) in [5.74, 6) is -0.913. The molecule has 1 aliphatic heterocycles. The van der Waals surface area contributed by atoms with Crippen LogP contribution in [-0.2, 0) is 0 Å². The standard InChI is InChI=1S/C23H19Cl3FN3O/c24-15-6-4-14(5-7-15)21-13-29(23(31)17-2-1-3-19(27)22(17)28)10-11-30(21)20-9-8-16(25)12-18(20)26/h1-9,12,21H,10-11,13,28H2. The Balaban J connectivity index is 1.69. The summed E-state index contributed by atoms with van der Waals surface area (Å²) in [4.78, 5) is 17.0. The maximum absolute atomic E-state index is 13.9. The molecule has 1 amide bonds. The molecule has 2 N–H and O–H groups in total. The van der Waals surface area contributed by atoms with Crippen molar-refractivity contribution in [2.45, 2.75) is 6.04 Å². The van der Waals surface area contributed by atoms with Crippen LogP contribution in [0.2, 0.25) is 15.1 Å². The van der Waals surface area contributed by atoms with Crippen LogP contribution in [-0.4, -0.2) is 30.4 Å². The highest BCUT2D eigenvalue weighted by Gasteiger charge is 2.33. The molecule has 0 aromatic heterocycles. The zero-order chi connectivity index (χ0) is 22.1. The van der Waals surface area contributed by atoms with E-state index in [-0.39, 0.29) is 23.2 Å². The van der Waals surface area contributed by atoms with Gasteiger partial charge in [0, 0.05) is 29.7 Å². The van der Waals surface area contributed by atoms with E-state index in [4.69, 9.17) is 40.5 Å². The summed E-state index contributed by atoms with van der Waals surface area (Å²) < 4.78 is 13.9. The minimum Gasteiger partial charge on any atom is -0.396 e. The van der Waals surface area contributed by atoms with Crippen LogP contribution in [0.3, 0.4) is 0 Å². The number of rotatable bonds is 3. The van der Waals surface area contributed by atoms with E-state index >= 15 is 0 Å². The average Bonchev–Trinajstić information content (AvgIpc) is 2.76. The lowest BCUT2D eigenvalue weighted by atomic mass is 10.00. The van der Waals surface area contributed by atoms with Crippen molar-refractivity contribution < 1.29 is 9.18 Å². The minimum absolute atomic E-state index is 0.140. The van der Waals surface area contributed by atoms with Crippen molar-refractivity contribution in [3.8, 4) is 0 Å². The van der Waals surface area contributed by atoms with Crippen LogP contribution < -0.4 is 10.6 Å². The molecule has 31 heavy (non-hydrogen) atoms. The van der Waals surface area contributed by atoms with Crippen molar-refractivity contribution in [2.24, 2.45) is 0 Å². The normalized spacial score (nSPS) is 16.5. The first-order chi connectivity index (χ1) is 14.8. The molecule has 4 nitrogen and oxygen atoms in total. The van der Waals surface area contributed by atoms with E-state index in [1.165, 1.54) is 12.1 Å². The molecule has 0 aliphatic carbocycles. The molecule has 0 radical (unpaired) electrons. The third-order valence-electron chi connectivity index (χ3n) is 5.42. The second-order valence-corrected chi connectivity index (χ2v) is 8.59. The van der Waals surface area contributed by atoms with Crippen LogP contribution in [0.1, 0.15) is 22.0 Å². The summed E-state index contributed by atoms with van der Waals surface area (Å²) in [6, 6.07) is 16.9. The van der Waals surface area contributed by atoms with Crippen LogP contribution >= 0.6 is 34.8 Å². The maximum atomic E-state index is 13.9. The summed E-state index contributed by atoms with van der Waals surface area (Å²) >= 11 is 18.6. The van der Waals surface area contributed by atoms with E-state index in [2.05, 4.69) is 4.90 Å². The fourth-order valence-corrected chi connectivity index (χ4v) is 4.48. The van der Waals surface area contributed by atoms with Gasteiger partial charge in [0.25, 0.3) is 5.91 Å². The number of hydrogen-bond acceptors (Lipinski definition) is 3. The molecule has 8 heteroatoms. The number of para-hydroxylation sites is 1. The smallest absolute Gasteiger partial charge is 0.256 e. The van der Waals surface area contributed by atoms with Gasteiger partial charge >= 0.3 is 0 Å². The molecule has 160 valence electrons. The fraction of sp³-hybridized carbons (Fsp3) is 0.174. The number of amides is 1. The van der Waals surface area contributed by atoms with Gasteiger partial charge in [0.1, 0.15) is 5.82 Å². The number of carbonyl (C=O) groups excluding carboxylic acids is 1. The Kier molecular flexibility index (Phi) is 6.28. The molecule has 1 aliphatic rings.